The van der Waals surface area contributed by atoms with Gasteiger partial charge in [-0.2, -0.15) is 0 Å². The van der Waals surface area contributed by atoms with Gasteiger partial charge >= 0.3 is 11.1 Å². The van der Waals surface area contributed by atoms with Crippen LogP contribution in [0.15, 0.2) is 27.8 Å². The smallest absolute Gasteiger partial charge is 0.316 e. The van der Waals surface area contributed by atoms with Crippen LogP contribution in [0.25, 0.3) is 11.0 Å². The average molecular weight is 341 g/mol. The molecule has 0 aliphatic heterocycles. The highest BCUT2D eigenvalue weighted by Gasteiger charge is 2.14. The minimum Gasteiger partial charge on any atom is -0.350 e. The fraction of sp³-hybridized carbons (Fsp3) is 0.400. The van der Waals surface area contributed by atoms with Gasteiger partial charge in [0.1, 0.15) is 0 Å². The number of aryl methyl sites for hydroxylation is 1. The van der Waals surface area contributed by atoms with Crippen molar-refractivity contribution in [1.29, 1.82) is 0 Å². The predicted molar refractivity (Wildman–Crippen MR) is 92.4 cm³/mol. The number of aromatic amines is 1. The van der Waals surface area contributed by atoms with Crippen LogP contribution in [0.3, 0.4) is 0 Å². The van der Waals surface area contributed by atoms with E-state index in [0.29, 0.717) is 29.7 Å². The van der Waals surface area contributed by atoms with Crippen molar-refractivity contribution in [2.75, 3.05) is 6.54 Å². The van der Waals surface area contributed by atoms with Gasteiger partial charge in [-0.15, -0.1) is 12.4 Å². The highest BCUT2D eigenvalue weighted by atomic mass is 35.5. The molecule has 4 N–H and O–H groups in total. The number of carbonyl (C=O) groups is 1. The van der Waals surface area contributed by atoms with Gasteiger partial charge in [0.2, 0.25) is 0 Å². The van der Waals surface area contributed by atoms with Crippen LogP contribution in [0.4, 0.5) is 0 Å². The quantitative estimate of drug-likeness (QED) is 0.708. The summed E-state index contributed by atoms with van der Waals surface area (Å²) in [5, 5.41) is 2.73. The van der Waals surface area contributed by atoms with E-state index < -0.39 is 16.7 Å². The lowest BCUT2D eigenvalue weighted by atomic mass is 10.1. The van der Waals surface area contributed by atoms with Gasteiger partial charge in [0, 0.05) is 24.2 Å². The average Bonchev–Trinajstić information content (AvgIpc) is 2.45. The van der Waals surface area contributed by atoms with E-state index in [0.717, 1.165) is 0 Å². The first-order valence-corrected chi connectivity index (χ1v) is 7.07. The maximum atomic E-state index is 12.1. The van der Waals surface area contributed by atoms with Crippen molar-refractivity contribution in [3.8, 4) is 0 Å². The Morgan fingerprint density at radius 2 is 2.00 bits per heavy atom. The van der Waals surface area contributed by atoms with Gasteiger partial charge in [-0.1, -0.05) is 0 Å². The van der Waals surface area contributed by atoms with E-state index >= 15 is 0 Å². The summed E-state index contributed by atoms with van der Waals surface area (Å²) in [6.07, 6.45) is 0. The van der Waals surface area contributed by atoms with Crippen LogP contribution in [0.1, 0.15) is 31.1 Å². The molecule has 0 radical (unpaired) electrons. The monoisotopic (exact) mass is 340 g/mol. The van der Waals surface area contributed by atoms with Crippen molar-refractivity contribution in [2.45, 2.75) is 32.9 Å². The molecule has 0 saturated carbocycles. The summed E-state index contributed by atoms with van der Waals surface area (Å²) in [5.41, 5.74) is 5.45. The summed E-state index contributed by atoms with van der Waals surface area (Å²) in [6.45, 7) is 6.11. The molecule has 1 aromatic carbocycles. The van der Waals surface area contributed by atoms with E-state index in [2.05, 4.69) is 10.3 Å². The minimum atomic E-state index is -0.699. The number of H-pyrrole nitrogens is 1. The van der Waals surface area contributed by atoms with Gasteiger partial charge < -0.3 is 20.6 Å². The zero-order chi connectivity index (χ0) is 16.5. The second-order valence-corrected chi connectivity index (χ2v) is 5.91. The van der Waals surface area contributed by atoms with Gasteiger partial charge in [0.15, 0.2) is 0 Å². The highest BCUT2D eigenvalue weighted by Crippen LogP contribution is 2.11. The van der Waals surface area contributed by atoms with Crippen molar-refractivity contribution in [1.82, 2.24) is 14.9 Å². The number of nitrogens with one attached hydrogen (secondary N) is 2. The van der Waals surface area contributed by atoms with Crippen molar-refractivity contribution < 1.29 is 4.79 Å². The third-order valence-electron chi connectivity index (χ3n) is 3.26. The van der Waals surface area contributed by atoms with E-state index in [-0.39, 0.29) is 18.3 Å². The largest absolute Gasteiger partial charge is 0.350 e. The number of hydrogen-bond acceptors (Lipinski definition) is 4. The molecule has 8 heteroatoms. The summed E-state index contributed by atoms with van der Waals surface area (Å²) >= 11 is 0. The molecule has 0 atom stereocenters. The molecular weight excluding hydrogens is 320 g/mol. The van der Waals surface area contributed by atoms with Crippen LogP contribution in [-0.2, 0) is 6.54 Å². The van der Waals surface area contributed by atoms with Gasteiger partial charge in [-0.05, 0) is 39.0 Å². The second-order valence-electron chi connectivity index (χ2n) is 5.91. The fourth-order valence-electron chi connectivity index (χ4n) is 2.14. The summed E-state index contributed by atoms with van der Waals surface area (Å²) in [7, 11) is 0. The topological polar surface area (TPSA) is 110 Å². The normalized spacial score (nSPS) is 11.1. The van der Waals surface area contributed by atoms with Crippen LogP contribution in [0, 0.1) is 0 Å². The number of nitrogens with zero attached hydrogens (tertiary/aromatic N) is 1. The van der Waals surface area contributed by atoms with Crippen molar-refractivity contribution in [3.05, 3.63) is 44.5 Å². The van der Waals surface area contributed by atoms with Crippen molar-refractivity contribution in [3.63, 3.8) is 0 Å². The number of halogens is 1. The number of carbonyl (C=O) groups excluding carboxylic acids is 1. The maximum absolute atomic E-state index is 12.1. The molecule has 1 amide bonds. The number of rotatable bonds is 4. The molecular formula is C15H21ClN4O3. The lowest BCUT2D eigenvalue weighted by molar-refractivity contribution is 0.0946. The van der Waals surface area contributed by atoms with Crippen LogP contribution in [0.2, 0.25) is 0 Å². The highest BCUT2D eigenvalue weighted by molar-refractivity contribution is 5.97. The van der Waals surface area contributed by atoms with Gasteiger partial charge in [0.25, 0.3) is 5.91 Å². The molecule has 0 aliphatic rings. The van der Waals surface area contributed by atoms with Crippen LogP contribution in [-0.4, -0.2) is 27.5 Å². The lowest BCUT2D eigenvalue weighted by Gasteiger charge is -2.19. The van der Waals surface area contributed by atoms with Crippen molar-refractivity contribution in [2.24, 2.45) is 5.73 Å². The van der Waals surface area contributed by atoms with Crippen LogP contribution >= 0.6 is 12.4 Å². The van der Waals surface area contributed by atoms with Gasteiger partial charge in [0.05, 0.1) is 11.0 Å². The van der Waals surface area contributed by atoms with Gasteiger partial charge in [-0.25, -0.2) is 0 Å². The Morgan fingerprint density at radius 3 is 2.57 bits per heavy atom. The molecule has 0 bridgehead atoms. The Kier molecular flexibility index (Phi) is 5.74. The lowest BCUT2D eigenvalue weighted by Crippen LogP contribution is -2.45. The molecule has 0 unspecified atom stereocenters. The maximum Gasteiger partial charge on any atom is 0.316 e. The number of aromatic nitrogens is 2. The molecule has 0 spiro atoms. The first-order chi connectivity index (χ1) is 10.2. The summed E-state index contributed by atoms with van der Waals surface area (Å²) < 4.78 is 1.37. The Bertz CT molecular complexity index is 833. The Hall–Kier alpha value is -2.12. The third-order valence-corrected chi connectivity index (χ3v) is 3.26. The molecule has 2 aromatic rings. The predicted octanol–water partition coefficient (Wildman–Crippen LogP) is 0.599. The number of fused-ring (bicyclic) bond motifs is 1. The van der Waals surface area contributed by atoms with E-state index in [4.69, 9.17) is 5.73 Å². The first-order valence-electron chi connectivity index (χ1n) is 7.07. The summed E-state index contributed by atoms with van der Waals surface area (Å²) in [4.78, 5) is 38.0. The summed E-state index contributed by atoms with van der Waals surface area (Å²) in [6, 6.07) is 4.82. The molecule has 1 heterocycles. The number of amides is 1. The van der Waals surface area contributed by atoms with E-state index in [9.17, 15) is 14.4 Å². The van der Waals surface area contributed by atoms with E-state index in [1.807, 2.05) is 13.8 Å². The Morgan fingerprint density at radius 1 is 1.35 bits per heavy atom. The zero-order valence-electron chi connectivity index (χ0n) is 13.3. The Balaban J connectivity index is 0.00000264. The standard InChI is InChI=1S/C15H20N4O3.ClH/c1-4-19-11-6-5-9(12(20)17-8-15(2,3)16)7-10(11)18-13(21)14(19)22;/h5-7H,4,8,16H2,1-3H3,(H,17,20)(H,18,21);1H. The molecule has 0 saturated heterocycles. The first kappa shape index (κ1) is 18.9. The number of benzene rings is 1. The molecule has 0 fully saturated rings. The second kappa shape index (κ2) is 6.97. The number of hydrogen-bond donors (Lipinski definition) is 3. The van der Waals surface area contributed by atoms with E-state index in [1.54, 1.807) is 25.1 Å². The molecule has 126 valence electrons. The van der Waals surface area contributed by atoms with Crippen LogP contribution in [0.5, 0.6) is 0 Å². The van der Waals surface area contributed by atoms with Gasteiger partial charge in [-0.3, -0.25) is 14.4 Å². The number of nitrogens with two attached hydrogens (primary N) is 1. The SMILES string of the molecule is CCn1c(=O)c(=O)[nH]c2cc(C(=O)NCC(C)(C)N)ccc21.Cl. The zero-order valence-corrected chi connectivity index (χ0v) is 14.1. The molecule has 0 aliphatic carbocycles. The molecule has 23 heavy (non-hydrogen) atoms. The molecule has 2 rings (SSSR count). The van der Waals surface area contributed by atoms with E-state index in [1.165, 1.54) is 4.57 Å². The van der Waals surface area contributed by atoms with Crippen LogP contribution < -0.4 is 22.2 Å². The van der Waals surface area contributed by atoms with Crippen molar-refractivity contribution >= 4 is 29.3 Å². The third kappa shape index (κ3) is 4.20. The minimum absolute atomic E-state index is 0. The Labute approximate surface area is 139 Å². The fourth-order valence-corrected chi connectivity index (χ4v) is 2.14. The molecule has 7 nitrogen and oxygen atoms in total. The summed E-state index contributed by atoms with van der Waals surface area (Å²) in [5.74, 6) is -0.282. The molecule has 1 aromatic heterocycles.